The summed E-state index contributed by atoms with van der Waals surface area (Å²) in [5.41, 5.74) is 1.75. The van der Waals surface area contributed by atoms with Crippen LogP contribution in [-0.2, 0) is 19.0 Å². The number of nitrogens with zero attached hydrogens (tertiary/aromatic N) is 5. The number of ether oxygens (including phenoxy) is 3. The first-order chi connectivity index (χ1) is 18.9. The van der Waals surface area contributed by atoms with Crippen LogP contribution in [0.25, 0.3) is 22.6 Å². The number of imidazole rings is 1. The molecule has 2 aliphatic heterocycles. The van der Waals surface area contributed by atoms with Gasteiger partial charge in [-0.1, -0.05) is 0 Å². The Hall–Kier alpha value is -3.45. The van der Waals surface area contributed by atoms with Crippen molar-refractivity contribution in [1.29, 1.82) is 0 Å². The van der Waals surface area contributed by atoms with Crippen molar-refractivity contribution in [3.8, 4) is 22.6 Å². The molecule has 2 fully saturated rings. The van der Waals surface area contributed by atoms with E-state index in [1.54, 1.807) is 32.4 Å². The SMILES string of the molecule is COCCNC(=O)C1(C)COC(c2nc(-c3ccc(F)cc3)c(-c3ccnc(N4CCN(C)CC4)n3)[nH]2)OC1. The largest absolute Gasteiger partial charge is 0.383 e. The van der Waals surface area contributed by atoms with Gasteiger partial charge in [0.2, 0.25) is 18.1 Å². The topological polar surface area (TPSA) is 118 Å². The second kappa shape index (κ2) is 11.7. The van der Waals surface area contributed by atoms with Crippen molar-refractivity contribution in [2.75, 3.05) is 71.6 Å². The number of piperazine rings is 1. The van der Waals surface area contributed by atoms with Gasteiger partial charge in [-0.15, -0.1) is 0 Å². The lowest BCUT2D eigenvalue weighted by Gasteiger charge is -2.35. The highest BCUT2D eigenvalue weighted by atomic mass is 19.1. The quantitative estimate of drug-likeness (QED) is 0.416. The fourth-order valence-electron chi connectivity index (χ4n) is 4.53. The van der Waals surface area contributed by atoms with E-state index in [0.29, 0.717) is 47.6 Å². The highest BCUT2D eigenvalue weighted by Crippen LogP contribution is 2.35. The molecule has 0 spiro atoms. The molecule has 208 valence electrons. The number of carbonyl (C=O) groups excluding carboxylic acids is 1. The number of H-pyrrole nitrogens is 1. The summed E-state index contributed by atoms with van der Waals surface area (Å²) in [6.45, 7) is 6.47. The maximum Gasteiger partial charge on any atom is 0.230 e. The predicted molar refractivity (Wildman–Crippen MR) is 142 cm³/mol. The molecule has 0 bridgehead atoms. The van der Waals surface area contributed by atoms with Gasteiger partial charge in [0.1, 0.15) is 5.82 Å². The van der Waals surface area contributed by atoms with Gasteiger partial charge >= 0.3 is 0 Å². The Morgan fingerprint density at radius 3 is 2.56 bits per heavy atom. The second-order valence-electron chi connectivity index (χ2n) is 10.1. The average molecular weight is 540 g/mol. The number of rotatable bonds is 8. The van der Waals surface area contributed by atoms with E-state index in [1.165, 1.54) is 12.1 Å². The highest BCUT2D eigenvalue weighted by Gasteiger charge is 2.40. The Labute approximate surface area is 226 Å². The van der Waals surface area contributed by atoms with Gasteiger partial charge in [0.15, 0.2) is 5.82 Å². The monoisotopic (exact) mass is 539 g/mol. The molecule has 2 N–H and O–H groups in total. The standard InChI is InChI=1S/C27H34FN7O4/c1-27(25(36)29-10-15-37-3)16-38-24(39-17-27)23-32-21(18-4-6-19(28)7-5-18)22(33-23)20-8-9-30-26(31-20)35-13-11-34(2)12-14-35/h4-9,24H,10-17H2,1-3H3,(H,29,36)(H,32,33). The summed E-state index contributed by atoms with van der Waals surface area (Å²) < 4.78 is 30.7. The minimum Gasteiger partial charge on any atom is -0.383 e. The van der Waals surface area contributed by atoms with Crippen LogP contribution in [0, 0.1) is 11.2 Å². The first-order valence-electron chi connectivity index (χ1n) is 13.0. The van der Waals surface area contributed by atoms with Crippen molar-refractivity contribution in [3.63, 3.8) is 0 Å². The Balaban J connectivity index is 1.41. The molecule has 0 unspecified atom stereocenters. The zero-order chi connectivity index (χ0) is 27.4. The van der Waals surface area contributed by atoms with Gasteiger partial charge in [0.25, 0.3) is 0 Å². The maximum atomic E-state index is 13.7. The van der Waals surface area contributed by atoms with Gasteiger partial charge in [0, 0.05) is 51.6 Å². The molecular weight excluding hydrogens is 505 g/mol. The van der Waals surface area contributed by atoms with E-state index < -0.39 is 11.7 Å². The van der Waals surface area contributed by atoms with Gasteiger partial charge in [-0.25, -0.2) is 19.3 Å². The number of nitrogens with one attached hydrogen (secondary N) is 2. The van der Waals surface area contributed by atoms with Crippen molar-refractivity contribution in [1.82, 2.24) is 30.2 Å². The summed E-state index contributed by atoms with van der Waals surface area (Å²) >= 11 is 0. The van der Waals surface area contributed by atoms with Gasteiger partial charge in [-0.05, 0) is 44.3 Å². The van der Waals surface area contributed by atoms with Crippen LogP contribution < -0.4 is 10.2 Å². The maximum absolute atomic E-state index is 13.7. The van der Waals surface area contributed by atoms with E-state index in [4.69, 9.17) is 24.2 Å². The Kier molecular flexibility index (Phi) is 8.17. The van der Waals surface area contributed by atoms with Crippen LogP contribution in [0.4, 0.5) is 10.3 Å². The van der Waals surface area contributed by atoms with Crippen LogP contribution in [-0.4, -0.2) is 97.4 Å². The molecule has 1 aromatic carbocycles. The average Bonchev–Trinajstić information content (AvgIpc) is 3.40. The van der Waals surface area contributed by atoms with Crippen LogP contribution in [0.2, 0.25) is 0 Å². The number of anilines is 1. The number of likely N-dealkylation sites (N-methyl/N-ethyl adjacent to an activating group) is 1. The molecule has 2 saturated heterocycles. The molecule has 5 rings (SSSR count). The zero-order valence-corrected chi connectivity index (χ0v) is 22.4. The molecule has 2 aliphatic rings. The third kappa shape index (κ3) is 6.09. The minimum absolute atomic E-state index is 0.152. The molecule has 0 saturated carbocycles. The van der Waals surface area contributed by atoms with E-state index in [-0.39, 0.29) is 24.9 Å². The molecule has 0 radical (unpaired) electrons. The Morgan fingerprint density at radius 2 is 1.87 bits per heavy atom. The predicted octanol–water partition coefficient (Wildman–Crippen LogP) is 2.24. The first-order valence-corrected chi connectivity index (χ1v) is 13.0. The van der Waals surface area contributed by atoms with Crippen molar-refractivity contribution < 1.29 is 23.4 Å². The van der Waals surface area contributed by atoms with Crippen LogP contribution >= 0.6 is 0 Å². The third-order valence-corrected chi connectivity index (χ3v) is 6.99. The molecule has 39 heavy (non-hydrogen) atoms. The van der Waals surface area contributed by atoms with Crippen molar-refractivity contribution >= 4 is 11.9 Å². The Morgan fingerprint density at radius 1 is 1.15 bits per heavy atom. The van der Waals surface area contributed by atoms with Gasteiger partial charge in [-0.3, -0.25) is 4.79 Å². The van der Waals surface area contributed by atoms with Gasteiger partial charge in [-0.2, -0.15) is 0 Å². The van der Waals surface area contributed by atoms with E-state index in [2.05, 4.69) is 32.1 Å². The highest BCUT2D eigenvalue weighted by molar-refractivity contribution is 5.82. The molecule has 0 aliphatic carbocycles. The number of hydrogen-bond acceptors (Lipinski definition) is 9. The number of aromatic nitrogens is 4. The fraction of sp³-hybridized carbons (Fsp3) is 0.481. The van der Waals surface area contributed by atoms with E-state index >= 15 is 0 Å². The smallest absolute Gasteiger partial charge is 0.230 e. The molecule has 2 aromatic heterocycles. The molecule has 4 heterocycles. The lowest BCUT2D eigenvalue weighted by molar-refractivity contribution is -0.231. The fourth-order valence-corrected chi connectivity index (χ4v) is 4.53. The zero-order valence-electron chi connectivity index (χ0n) is 22.4. The summed E-state index contributed by atoms with van der Waals surface area (Å²) in [6, 6.07) is 7.94. The normalized spacial score (nSPS) is 22.2. The van der Waals surface area contributed by atoms with Gasteiger partial charge in [0.05, 0.1) is 42.3 Å². The number of halogens is 1. The van der Waals surface area contributed by atoms with Crippen molar-refractivity contribution in [2.24, 2.45) is 5.41 Å². The molecule has 0 atom stereocenters. The summed E-state index contributed by atoms with van der Waals surface area (Å²) in [5, 5.41) is 2.85. The number of hydrogen-bond donors (Lipinski definition) is 2. The molecule has 3 aromatic rings. The van der Waals surface area contributed by atoms with Crippen molar-refractivity contribution in [3.05, 3.63) is 48.2 Å². The molecule has 11 nitrogen and oxygen atoms in total. The van der Waals surface area contributed by atoms with Crippen LogP contribution in [0.3, 0.4) is 0 Å². The van der Waals surface area contributed by atoms with Crippen molar-refractivity contribution in [2.45, 2.75) is 13.2 Å². The number of methoxy groups -OCH3 is 1. The number of amides is 1. The number of carbonyl (C=O) groups is 1. The number of benzene rings is 1. The molecular formula is C27H34FN7O4. The van der Waals surface area contributed by atoms with Gasteiger partial charge < -0.3 is 34.3 Å². The summed E-state index contributed by atoms with van der Waals surface area (Å²) in [6.07, 6.45) is 0.920. The van der Waals surface area contributed by atoms with E-state index in [9.17, 15) is 9.18 Å². The molecule has 12 heteroatoms. The third-order valence-electron chi connectivity index (χ3n) is 6.99. The van der Waals surface area contributed by atoms with Crippen LogP contribution in [0.1, 0.15) is 19.0 Å². The summed E-state index contributed by atoms with van der Waals surface area (Å²) in [7, 11) is 3.68. The summed E-state index contributed by atoms with van der Waals surface area (Å²) in [4.78, 5) is 34.6. The lowest BCUT2D eigenvalue weighted by atomic mass is 9.91. The second-order valence-corrected chi connectivity index (χ2v) is 10.1. The lowest BCUT2D eigenvalue weighted by Crippen LogP contribution is -2.49. The summed E-state index contributed by atoms with van der Waals surface area (Å²) in [5.74, 6) is 0.577. The minimum atomic E-state index is -0.844. The number of aromatic amines is 1. The Bertz CT molecular complexity index is 1270. The molecule has 1 amide bonds. The first kappa shape index (κ1) is 27.1. The van der Waals surface area contributed by atoms with Crippen LogP contribution in [0.15, 0.2) is 36.5 Å². The van der Waals surface area contributed by atoms with Crippen LogP contribution in [0.5, 0.6) is 0 Å². The van der Waals surface area contributed by atoms with E-state index in [1.807, 2.05) is 6.07 Å². The van der Waals surface area contributed by atoms with E-state index in [0.717, 1.165) is 26.2 Å².